The van der Waals surface area contributed by atoms with E-state index in [0.717, 1.165) is 65.4 Å². The molecule has 0 spiro atoms. The molecule has 36 heavy (non-hydrogen) atoms. The number of benzene rings is 3. The zero-order chi connectivity index (χ0) is 24.9. The number of imidazole rings is 1. The van der Waals surface area contributed by atoms with E-state index in [9.17, 15) is 4.79 Å². The van der Waals surface area contributed by atoms with Gasteiger partial charge in [0.15, 0.2) is 0 Å². The molecular weight excluding hydrogens is 491 g/mol. The van der Waals surface area contributed by atoms with Crippen LogP contribution in [0.4, 0.5) is 17.1 Å². The number of anilines is 3. The molecule has 5 rings (SSSR count). The quantitative estimate of drug-likeness (QED) is 0.223. The van der Waals surface area contributed by atoms with E-state index in [4.69, 9.17) is 23.2 Å². The minimum atomic E-state index is 0.132. The highest BCUT2D eigenvalue weighted by molar-refractivity contribution is 6.42. The van der Waals surface area contributed by atoms with Crippen molar-refractivity contribution in [2.24, 2.45) is 5.92 Å². The molecular formula is C29H28Cl2N4O. The zero-order valence-corrected chi connectivity index (χ0v) is 21.4. The van der Waals surface area contributed by atoms with Crippen molar-refractivity contribution in [2.75, 3.05) is 10.6 Å². The summed E-state index contributed by atoms with van der Waals surface area (Å²) in [6.45, 7) is 0. The summed E-state index contributed by atoms with van der Waals surface area (Å²) in [7, 11) is 0. The highest BCUT2D eigenvalue weighted by atomic mass is 35.5. The molecule has 1 heterocycles. The lowest BCUT2D eigenvalue weighted by atomic mass is 9.99. The van der Waals surface area contributed by atoms with Crippen molar-refractivity contribution in [1.29, 1.82) is 0 Å². The SMILES string of the molecule is O=C(Nc1ccc(-c2cnc(-c3ccc(Nc4ccc(Cl)c(Cl)c4)cc3)[nH]2)cc1)C1CCCCCC1. The standard InChI is InChI=1S/C29H28Cl2N4O/c30-25-16-15-24(17-26(25)31)33-22-13-9-20(10-14-22)28-32-18-27(35-28)19-7-11-23(12-8-19)34-29(36)21-5-3-1-2-4-6-21/h7-18,21,33H,1-6H2,(H,32,35)(H,34,36). The lowest BCUT2D eigenvalue weighted by Crippen LogP contribution is -2.22. The number of aromatic nitrogens is 2. The average Bonchev–Trinajstić information content (AvgIpc) is 3.22. The molecule has 0 bridgehead atoms. The monoisotopic (exact) mass is 518 g/mol. The third-order valence-electron chi connectivity index (χ3n) is 6.63. The van der Waals surface area contributed by atoms with Crippen molar-refractivity contribution < 1.29 is 4.79 Å². The van der Waals surface area contributed by atoms with Crippen LogP contribution in [0.3, 0.4) is 0 Å². The third-order valence-corrected chi connectivity index (χ3v) is 7.37. The highest BCUT2D eigenvalue weighted by Gasteiger charge is 2.20. The first-order chi connectivity index (χ1) is 17.5. The maximum atomic E-state index is 12.6. The van der Waals surface area contributed by atoms with Gasteiger partial charge in [-0.25, -0.2) is 4.98 Å². The highest BCUT2D eigenvalue weighted by Crippen LogP contribution is 2.29. The van der Waals surface area contributed by atoms with Gasteiger partial charge in [0.05, 0.1) is 21.9 Å². The van der Waals surface area contributed by atoms with Gasteiger partial charge < -0.3 is 15.6 Å². The van der Waals surface area contributed by atoms with Crippen LogP contribution in [0.5, 0.6) is 0 Å². The molecule has 1 aromatic heterocycles. The van der Waals surface area contributed by atoms with E-state index in [1.807, 2.05) is 60.8 Å². The van der Waals surface area contributed by atoms with Crippen LogP contribution in [0.15, 0.2) is 72.9 Å². The van der Waals surface area contributed by atoms with Crippen LogP contribution < -0.4 is 10.6 Å². The van der Waals surface area contributed by atoms with Crippen LogP contribution in [-0.4, -0.2) is 15.9 Å². The summed E-state index contributed by atoms with van der Waals surface area (Å²) < 4.78 is 0. The number of amides is 1. The third kappa shape index (κ3) is 5.92. The van der Waals surface area contributed by atoms with Crippen molar-refractivity contribution in [2.45, 2.75) is 38.5 Å². The van der Waals surface area contributed by atoms with Gasteiger partial charge in [-0.3, -0.25) is 4.79 Å². The maximum absolute atomic E-state index is 12.6. The van der Waals surface area contributed by atoms with Crippen LogP contribution >= 0.6 is 23.2 Å². The molecule has 184 valence electrons. The van der Waals surface area contributed by atoms with Crippen molar-refractivity contribution >= 4 is 46.2 Å². The van der Waals surface area contributed by atoms with E-state index in [1.54, 1.807) is 12.1 Å². The molecule has 1 aliphatic carbocycles. The summed E-state index contributed by atoms with van der Waals surface area (Å²) in [6.07, 6.45) is 8.59. The molecule has 1 amide bonds. The Labute approximate surface area is 221 Å². The number of hydrogen-bond acceptors (Lipinski definition) is 3. The summed E-state index contributed by atoms with van der Waals surface area (Å²) in [5, 5.41) is 7.45. The Bertz CT molecular complexity index is 1320. The number of nitrogens with one attached hydrogen (secondary N) is 3. The molecule has 0 aliphatic heterocycles. The molecule has 1 saturated carbocycles. The maximum Gasteiger partial charge on any atom is 0.227 e. The van der Waals surface area contributed by atoms with Crippen LogP contribution in [0.1, 0.15) is 38.5 Å². The number of nitrogens with zero attached hydrogens (tertiary/aromatic N) is 1. The van der Waals surface area contributed by atoms with E-state index < -0.39 is 0 Å². The summed E-state index contributed by atoms with van der Waals surface area (Å²) in [5.41, 5.74) is 5.55. The fourth-order valence-electron chi connectivity index (χ4n) is 4.59. The van der Waals surface area contributed by atoms with Gasteiger partial charge in [0, 0.05) is 28.5 Å². The molecule has 3 N–H and O–H groups in total. The molecule has 1 aliphatic rings. The van der Waals surface area contributed by atoms with E-state index in [2.05, 4.69) is 20.6 Å². The Morgan fingerprint density at radius 2 is 1.42 bits per heavy atom. The Morgan fingerprint density at radius 3 is 2.11 bits per heavy atom. The smallest absolute Gasteiger partial charge is 0.227 e. The minimum Gasteiger partial charge on any atom is -0.355 e. The summed E-state index contributed by atoms with van der Waals surface area (Å²) in [5.74, 6) is 1.07. The normalized spacial score (nSPS) is 14.3. The Hall–Kier alpha value is -3.28. The van der Waals surface area contributed by atoms with Crippen molar-refractivity contribution in [3.63, 3.8) is 0 Å². The number of hydrogen-bond donors (Lipinski definition) is 3. The van der Waals surface area contributed by atoms with E-state index in [0.29, 0.717) is 10.0 Å². The van der Waals surface area contributed by atoms with E-state index >= 15 is 0 Å². The predicted octanol–water partition coefficient (Wildman–Crippen LogP) is 8.70. The van der Waals surface area contributed by atoms with Gasteiger partial charge in [0.25, 0.3) is 0 Å². The second-order valence-electron chi connectivity index (χ2n) is 9.23. The van der Waals surface area contributed by atoms with Gasteiger partial charge in [-0.1, -0.05) is 61.0 Å². The first-order valence-electron chi connectivity index (χ1n) is 12.3. The lowest BCUT2D eigenvalue weighted by Gasteiger charge is -2.14. The number of aromatic amines is 1. The largest absolute Gasteiger partial charge is 0.355 e. The van der Waals surface area contributed by atoms with Crippen LogP contribution in [0.25, 0.3) is 22.6 Å². The molecule has 5 nitrogen and oxygen atoms in total. The van der Waals surface area contributed by atoms with Gasteiger partial charge in [-0.15, -0.1) is 0 Å². The average molecular weight is 519 g/mol. The fourth-order valence-corrected chi connectivity index (χ4v) is 4.88. The minimum absolute atomic E-state index is 0.132. The topological polar surface area (TPSA) is 69.8 Å². The van der Waals surface area contributed by atoms with E-state index in [-0.39, 0.29) is 11.8 Å². The van der Waals surface area contributed by atoms with Crippen LogP contribution in [-0.2, 0) is 4.79 Å². The number of rotatable bonds is 6. The fraction of sp³-hybridized carbons (Fsp3) is 0.241. The summed E-state index contributed by atoms with van der Waals surface area (Å²) in [6, 6.07) is 21.4. The molecule has 1 fully saturated rings. The lowest BCUT2D eigenvalue weighted by molar-refractivity contribution is -0.120. The number of H-pyrrole nitrogens is 1. The van der Waals surface area contributed by atoms with Gasteiger partial charge in [-0.2, -0.15) is 0 Å². The Kier molecular flexibility index (Phi) is 7.59. The molecule has 0 atom stereocenters. The Balaban J connectivity index is 1.22. The molecule has 7 heteroatoms. The summed E-state index contributed by atoms with van der Waals surface area (Å²) in [4.78, 5) is 20.6. The second-order valence-corrected chi connectivity index (χ2v) is 10.0. The van der Waals surface area contributed by atoms with Gasteiger partial charge in [0.1, 0.15) is 5.82 Å². The molecule has 0 saturated heterocycles. The van der Waals surface area contributed by atoms with Gasteiger partial charge >= 0.3 is 0 Å². The zero-order valence-electron chi connectivity index (χ0n) is 19.9. The van der Waals surface area contributed by atoms with E-state index in [1.165, 1.54) is 12.8 Å². The first-order valence-corrected chi connectivity index (χ1v) is 13.1. The molecule has 0 unspecified atom stereocenters. The molecule has 4 aromatic rings. The molecule has 3 aromatic carbocycles. The number of halogens is 2. The predicted molar refractivity (Wildman–Crippen MR) is 149 cm³/mol. The van der Waals surface area contributed by atoms with Crippen LogP contribution in [0, 0.1) is 5.92 Å². The Morgan fingerprint density at radius 1 is 0.778 bits per heavy atom. The molecule has 0 radical (unpaired) electrons. The number of carbonyl (C=O) groups excluding carboxylic acids is 1. The van der Waals surface area contributed by atoms with Gasteiger partial charge in [0.2, 0.25) is 5.91 Å². The second kappa shape index (κ2) is 11.2. The first kappa shape index (κ1) is 24.4. The summed E-state index contributed by atoms with van der Waals surface area (Å²) >= 11 is 12.1. The van der Waals surface area contributed by atoms with Gasteiger partial charge in [-0.05, 0) is 73.0 Å². The van der Waals surface area contributed by atoms with Crippen molar-refractivity contribution in [3.8, 4) is 22.6 Å². The van der Waals surface area contributed by atoms with Crippen LogP contribution in [0.2, 0.25) is 10.0 Å². The van der Waals surface area contributed by atoms with Crippen molar-refractivity contribution in [3.05, 3.63) is 83.0 Å². The van der Waals surface area contributed by atoms with Crippen molar-refractivity contribution in [1.82, 2.24) is 9.97 Å². The number of carbonyl (C=O) groups is 1.